The van der Waals surface area contributed by atoms with E-state index in [2.05, 4.69) is 33.2 Å². The van der Waals surface area contributed by atoms with E-state index in [1.807, 2.05) is 29.8 Å². The Kier molecular flexibility index (Phi) is 3.84. The molecule has 2 nitrogen and oxygen atoms in total. The highest BCUT2D eigenvalue weighted by Gasteiger charge is 2.08. The van der Waals surface area contributed by atoms with Crippen LogP contribution in [0.2, 0.25) is 5.02 Å². The molecule has 0 amide bonds. The van der Waals surface area contributed by atoms with Gasteiger partial charge in [0.1, 0.15) is 5.01 Å². The second kappa shape index (κ2) is 5.17. The van der Waals surface area contributed by atoms with Crippen molar-refractivity contribution in [1.82, 2.24) is 4.98 Å². The molecule has 1 unspecified atom stereocenters. The first-order valence-corrected chi connectivity index (χ1v) is 6.83. The lowest BCUT2D eigenvalue weighted by molar-refractivity contribution is 0.870. The maximum atomic E-state index is 5.93. The Bertz CT molecular complexity index is 473. The van der Waals surface area contributed by atoms with E-state index in [1.165, 1.54) is 0 Å². The number of rotatable bonds is 3. The van der Waals surface area contributed by atoms with E-state index in [-0.39, 0.29) is 6.04 Å². The van der Waals surface area contributed by atoms with Crippen molar-refractivity contribution in [1.29, 1.82) is 0 Å². The predicted octanol–water partition coefficient (Wildman–Crippen LogP) is 4.73. The van der Waals surface area contributed by atoms with Crippen LogP contribution in [0.5, 0.6) is 0 Å². The molecule has 0 aliphatic rings. The molecule has 0 saturated heterocycles. The second-order valence-electron chi connectivity index (χ2n) is 3.37. The van der Waals surface area contributed by atoms with Crippen LogP contribution < -0.4 is 5.32 Å². The summed E-state index contributed by atoms with van der Waals surface area (Å²) in [4.78, 5) is 4.27. The van der Waals surface area contributed by atoms with Gasteiger partial charge in [0.25, 0.3) is 0 Å². The number of benzene rings is 1. The van der Waals surface area contributed by atoms with E-state index in [9.17, 15) is 0 Å². The molecule has 2 rings (SSSR count). The first-order valence-electron chi connectivity index (χ1n) is 4.78. The molecule has 5 heteroatoms. The summed E-state index contributed by atoms with van der Waals surface area (Å²) in [6, 6.07) is 5.99. The van der Waals surface area contributed by atoms with Crippen molar-refractivity contribution in [2.45, 2.75) is 13.0 Å². The fourth-order valence-electron chi connectivity index (χ4n) is 1.35. The summed E-state index contributed by atoms with van der Waals surface area (Å²) < 4.78 is 0.894. The molecule has 0 radical (unpaired) electrons. The lowest BCUT2D eigenvalue weighted by Gasteiger charge is -2.13. The van der Waals surface area contributed by atoms with Crippen molar-refractivity contribution < 1.29 is 0 Å². The molecule has 2 aromatic rings. The van der Waals surface area contributed by atoms with Crippen molar-refractivity contribution >= 4 is 44.6 Å². The van der Waals surface area contributed by atoms with Crippen molar-refractivity contribution in [2.75, 3.05) is 5.32 Å². The van der Waals surface area contributed by atoms with Crippen LogP contribution in [-0.4, -0.2) is 4.98 Å². The highest BCUT2D eigenvalue weighted by atomic mass is 79.9. The zero-order valence-electron chi connectivity index (χ0n) is 8.58. The molecule has 0 fully saturated rings. The maximum absolute atomic E-state index is 5.93. The molecule has 1 atom stereocenters. The number of hydrogen-bond donors (Lipinski definition) is 1. The minimum Gasteiger partial charge on any atom is -0.376 e. The minimum atomic E-state index is 0.202. The highest BCUT2D eigenvalue weighted by Crippen LogP contribution is 2.28. The lowest BCUT2D eigenvalue weighted by atomic mass is 10.3. The molecule has 0 aliphatic carbocycles. The molecule has 0 saturated carbocycles. The molecule has 1 N–H and O–H groups in total. The third-order valence-electron chi connectivity index (χ3n) is 2.12. The maximum Gasteiger partial charge on any atom is 0.115 e. The van der Waals surface area contributed by atoms with Crippen LogP contribution in [0.15, 0.2) is 34.2 Å². The van der Waals surface area contributed by atoms with Gasteiger partial charge in [0.2, 0.25) is 0 Å². The lowest BCUT2D eigenvalue weighted by Crippen LogP contribution is -2.05. The van der Waals surface area contributed by atoms with Crippen LogP contribution in [0.3, 0.4) is 0 Å². The highest BCUT2D eigenvalue weighted by molar-refractivity contribution is 9.10. The molecule has 16 heavy (non-hydrogen) atoms. The van der Waals surface area contributed by atoms with E-state index in [4.69, 9.17) is 11.6 Å². The fourth-order valence-corrected chi connectivity index (χ4v) is 2.49. The van der Waals surface area contributed by atoms with Crippen molar-refractivity contribution in [3.8, 4) is 0 Å². The molecular weight excluding hydrogens is 308 g/mol. The minimum absolute atomic E-state index is 0.202. The van der Waals surface area contributed by atoms with E-state index in [0.29, 0.717) is 5.02 Å². The Hall–Kier alpha value is -0.580. The summed E-state index contributed by atoms with van der Waals surface area (Å²) in [6.07, 6.45) is 1.82. The van der Waals surface area contributed by atoms with Crippen LogP contribution in [0.25, 0.3) is 0 Å². The number of anilines is 1. The largest absolute Gasteiger partial charge is 0.376 e. The molecule has 1 heterocycles. The van der Waals surface area contributed by atoms with Crippen LogP contribution in [0.1, 0.15) is 18.0 Å². The zero-order valence-corrected chi connectivity index (χ0v) is 11.7. The van der Waals surface area contributed by atoms with Gasteiger partial charge in [0, 0.05) is 21.7 Å². The third-order valence-corrected chi connectivity index (χ3v) is 4.30. The number of nitrogens with one attached hydrogen (secondary N) is 1. The van der Waals surface area contributed by atoms with Crippen molar-refractivity contribution in [3.05, 3.63) is 44.3 Å². The summed E-state index contributed by atoms with van der Waals surface area (Å²) in [5, 5.41) is 7.14. The SMILES string of the molecule is CC(Nc1ccc(Cl)c(Br)c1)c1nccs1. The van der Waals surface area contributed by atoms with E-state index >= 15 is 0 Å². The standard InChI is InChI=1S/C11H10BrClN2S/c1-7(11-14-4-5-16-11)15-8-2-3-10(13)9(12)6-8/h2-7,15H,1H3. The number of aromatic nitrogens is 1. The number of halogens is 2. The Labute approximate surface area is 112 Å². The van der Waals surface area contributed by atoms with Gasteiger partial charge < -0.3 is 5.32 Å². The van der Waals surface area contributed by atoms with E-state index < -0.39 is 0 Å². The van der Waals surface area contributed by atoms with E-state index in [1.54, 1.807) is 11.3 Å². The zero-order chi connectivity index (χ0) is 11.5. The van der Waals surface area contributed by atoms with Gasteiger partial charge in [-0.15, -0.1) is 11.3 Å². The monoisotopic (exact) mass is 316 g/mol. The summed E-state index contributed by atoms with van der Waals surface area (Å²) in [5.41, 5.74) is 1.03. The van der Waals surface area contributed by atoms with Gasteiger partial charge in [-0.3, -0.25) is 0 Å². The van der Waals surface area contributed by atoms with Crippen LogP contribution in [0.4, 0.5) is 5.69 Å². The van der Waals surface area contributed by atoms with Gasteiger partial charge in [-0.05, 0) is 41.1 Å². The van der Waals surface area contributed by atoms with Gasteiger partial charge in [0.05, 0.1) is 11.1 Å². The Morgan fingerprint density at radius 3 is 2.94 bits per heavy atom. The normalized spacial score (nSPS) is 12.4. The predicted molar refractivity (Wildman–Crippen MR) is 73.3 cm³/mol. The quantitative estimate of drug-likeness (QED) is 0.885. The Morgan fingerprint density at radius 2 is 2.31 bits per heavy atom. The second-order valence-corrected chi connectivity index (χ2v) is 5.55. The number of nitrogens with zero attached hydrogens (tertiary/aromatic N) is 1. The smallest absolute Gasteiger partial charge is 0.115 e. The van der Waals surface area contributed by atoms with Gasteiger partial charge >= 0.3 is 0 Å². The summed E-state index contributed by atoms with van der Waals surface area (Å²) in [6.45, 7) is 2.08. The first kappa shape index (κ1) is 11.9. The molecule has 1 aromatic heterocycles. The van der Waals surface area contributed by atoms with E-state index in [0.717, 1.165) is 15.2 Å². The van der Waals surface area contributed by atoms with Gasteiger partial charge in [-0.2, -0.15) is 0 Å². The molecule has 1 aromatic carbocycles. The van der Waals surface area contributed by atoms with Crippen molar-refractivity contribution in [3.63, 3.8) is 0 Å². The Balaban J connectivity index is 2.12. The van der Waals surface area contributed by atoms with Crippen LogP contribution in [-0.2, 0) is 0 Å². The Morgan fingerprint density at radius 1 is 1.50 bits per heavy atom. The average Bonchev–Trinajstić information content (AvgIpc) is 2.77. The first-order chi connectivity index (χ1) is 7.66. The number of thiazole rings is 1. The van der Waals surface area contributed by atoms with Gasteiger partial charge in [0.15, 0.2) is 0 Å². The summed E-state index contributed by atoms with van der Waals surface area (Å²) in [7, 11) is 0. The number of hydrogen-bond acceptors (Lipinski definition) is 3. The van der Waals surface area contributed by atoms with Gasteiger partial charge in [-0.25, -0.2) is 4.98 Å². The topological polar surface area (TPSA) is 24.9 Å². The van der Waals surface area contributed by atoms with Crippen molar-refractivity contribution in [2.24, 2.45) is 0 Å². The van der Waals surface area contributed by atoms with Crippen LogP contribution in [0, 0.1) is 0 Å². The molecule has 84 valence electrons. The average molecular weight is 318 g/mol. The summed E-state index contributed by atoms with van der Waals surface area (Å²) >= 11 is 11.0. The molecule has 0 spiro atoms. The fraction of sp³-hybridized carbons (Fsp3) is 0.182. The molecular formula is C11H10BrClN2S. The molecule has 0 bridgehead atoms. The van der Waals surface area contributed by atoms with Gasteiger partial charge in [-0.1, -0.05) is 11.6 Å². The summed E-state index contributed by atoms with van der Waals surface area (Å²) in [5.74, 6) is 0. The van der Waals surface area contributed by atoms with Crippen LogP contribution >= 0.6 is 38.9 Å². The molecule has 0 aliphatic heterocycles. The third kappa shape index (κ3) is 2.75.